The summed E-state index contributed by atoms with van der Waals surface area (Å²) in [5.74, 6) is -1.18. The van der Waals surface area contributed by atoms with Crippen LogP contribution >= 0.6 is 7.82 Å². The van der Waals surface area contributed by atoms with Gasteiger partial charge in [-0.1, -0.05) is 157 Å². The van der Waals surface area contributed by atoms with Crippen LogP contribution in [0, 0.1) is 0 Å². The van der Waals surface area contributed by atoms with Crippen molar-refractivity contribution in [3.8, 4) is 0 Å². The first kappa shape index (κ1) is 60.0. The van der Waals surface area contributed by atoms with Gasteiger partial charge in [0.05, 0.1) is 6.61 Å². The zero-order chi connectivity index (χ0) is 47.8. The average molecular weight is 937 g/mol. The lowest BCUT2D eigenvalue weighted by molar-refractivity contribution is -0.220. The van der Waals surface area contributed by atoms with E-state index in [1.165, 1.54) is 51.4 Å². The van der Waals surface area contributed by atoms with E-state index in [9.17, 15) is 44.6 Å². The Morgan fingerprint density at radius 3 is 1.38 bits per heavy atom. The van der Waals surface area contributed by atoms with E-state index in [2.05, 4.69) is 86.8 Å². The first-order valence-corrected chi connectivity index (χ1v) is 25.9. The van der Waals surface area contributed by atoms with E-state index in [1.807, 2.05) is 12.2 Å². The van der Waals surface area contributed by atoms with Crippen LogP contribution in [0.4, 0.5) is 0 Å². The van der Waals surface area contributed by atoms with Crippen molar-refractivity contribution in [2.75, 3.05) is 13.2 Å². The molecule has 6 atom stereocenters. The summed E-state index contributed by atoms with van der Waals surface area (Å²) in [5.41, 5.74) is 0. The molecule has 1 fully saturated rings. The number of unbranched alkanes of at least 4 members (excludes halogenated alkanes) is 13. The predicted octanol–water partition coefficient (Wildman–Crippen LogP) is 10.1. The third-order valence-electron chi connectivity index (χ3n) is 10.7. The van der Waals surface area contributed by atoms with E-state index in [1.54, 1.807) is 0 Å². The molecule has 6 N–H and O–H groups in total. The summed E-state index contributed by atoms with van der Waals surface area (Å²) >= 11 is 0. The second kappa shape index (κ2) is 40.1. The number of phosphoric acid groups is 1. The van der Waals surface area contributed by atoms with Crippen LogP contribution in [0.1, 0.15) is 168 Å². The maximum absolute atomic E-state index is 12.8. The van der Waals surface area contributed by atoms with Crippen molar-refractivity contribution in [3.63, 3.8) is 0 Å². The van der Waals surface area contributed by atoms with Gasteiger partial charge in [-0.2, -0.15) is 0 Å². The first-order valence-electron chi connectivity index (χ1n) is 24.4. The summed E-state index contributed by atoms with van der Waals surface area (Å²) in [6, 6.07) is 0. The molecule has 1 aliphatic rings. The van der Waals surface area contributed by atoms with E-state index < -0.39 is 75.7 Å². The Labute approximate surface area is 390 Å². The fraction of sp³-hybridized carbons (Fsp3) is 0.686. The summed E-state index contributed by atoms with van der Waals surface area (Å²) in [4.78, 5) is 35.8. The average Bonchev–Trinajstić information content (AvgIpc) is 3.29. The topological polar surface area (TPSA) is 210 Å². The molecule has 1 saturated carbocycles. The van der Waals surface area contributed by atoms with Crippen molar-refractivity contribution in [3.05, 3.63) is 85.1 Å². The minimum atomic E-state index is -5.14. The van der Waals surface area contributed by atoms with E-state index in [0.717, 1.165) is 70.6 Å². The highest BCUT2D eigenvalue weighted by molar-refractivity contribution is 7.47. The molecule has 1 aliphatic carbocycles. The van der Waals surface area contributed by atoms with Crippen LogP contribution in [-0.2, 0) is 32.7 Å². The standard InChI is InChI=1S/C51H85O13P/c1-3-5-7-9-11-13-15-17-19-21-22-24-25-27-29-31-33-35-37-39-44(52)61-41-43(42-62-65(59,60)64-51-49(57)47(55)46(54)48(56)50(51)58)63-45(53)40-38-36-34-32-30-28-26-23-20-18-16-14-12-10-8-6-4-2/h6,8,11-14,17-20,26,28,32,34,43,46-51,54-58H,3-5,7,9-10,15-16,21-25,27,29-31,33,35-42H2,1-2H3,(H,59,60)/b8-6-,13-11-,14-12-,19-17-,20-18-,28-26-,34-32-. The molecule has 0 aromatic heterocycles. The summed E-state index contributed by atoms with van der Waals surface area (Å²) in [7, 11) is -5.14. The largest absolute Gasteiger partial charge is 0.472 e. The van der Waals surface area contributed by atoms with Gasteiger partial charge in [0.15, 0.2) is 6.10 Å². The van der Waals surface area contributed by atoms with Crippen LogP contribution < -0.4 is 0 Å². The number of carbonyl (C=O) groups is 2. The van der Waals surface area contributed by atoms with Gasteiger partial charge in [-0.25, -0.2) is 4.57 Å². The lowest BCUT2D eigenvalue weighted by Crippen LogP contribution is -2.64. The first-order chi connectivity index (χ1) is 31.4. The van der Waals surface area contributed by atoms with Crippen LogP contribution in [0.5, 0.6) is 0 Å². The molecule has 0 bridgehead atoms. The number of aliphatic hydroxyl groups excluding tert-OH is 5. The molecule has 0 aromatic rings. The van der Waals surface area contributed by atoms with Gasteiger partial charge in [-0.05, 0) is 83.5 Å². The van der Waals surface area contributed by atoms with E-state index >= 15 is 0 Å². The number of carbonyl (C=O) groups excluding carboxylic acids is 2. The summed E-state index contributed by atoms with van der Waals surface area (Å²) in [6.45, 7) is 3.11. The van der Waals surface area contributed by atoms with Gasteiger partial charge >= 0.3 is 19.8 Å². The van der Waals surface area contributed by atoms with E-state index in [4.69, 9.17) is 18.5 Å². The van der Waals surface area contributed by atoms with Crippen LogP contribution in [-0.4, -0.2) is 98.3 Å². The van der Waals surface area contributed by atoms with Gasteiger partial charge in [-0.3, -0.25) is 18.6 Å². The van der Waals surface area contributed by atoms with Gasteiger partial charge in [0.25, 0.3) is 0 Å². The molecule has 1 rings (SSSR count). The molecular weight excluding hydrogens is 852 g/mol. The van der Waals surface area contributed by atoms with Crippen molar-refractivity contribution in [2.45, 2.75) is 211 Å². The number of hydrogen-bond acceptors (Lipinski definition) is 12. The third kappa shape index (κ3) is 32.4. The summed E-state index contributed by atoms with van der Waals surface area (Å²) in [6.07, 6.45) is 39.2. The van der Waals surface area contributed by atoms with Crippen molar-refractivity contribution in [1.82, 2.24) is 0 Å². The fourth-order valence-corrected chi connectivity index (χ4v) is 7.80. The van der Waals surface area contributed by atoms with Gasteiger partial charge in [0, 0.05) is 12.8 Å². The molecular formula is C51H85O13P. The molecule has 65 heavy (non-hydrogen) atoms. The molecule has 13 nitrogen and oxygen atoms in total. The molecule has 6 unspecified atom stereocenters. The normalized spacial score (nSPS) is 22.2. The zero-order valence-corrected chi connectivity index (χ0v) is 40.4. The van der Waals surface area contributed by atoms with Crippen molar-refractivity contribution in [2.24, 2.45) is 0 Å². The number of aliphatic hydroxyl groups is 5. The number of hydrogen-bond donors (Lipinski definition) is 6. The van der Waals surface area contributed by atoms with E-state index in [-0.39, 0.29) is 12.8 Å². The maximum Gasteiger partial charge on any atom is 0.472 e. The summed E-state index contributed by atoms with van der Waals surface area (Å²) in [5, 5.41) is 50.2. The molecule has 0 aliphatic heterocycles. The van der Waals surface area contributed by atoms with Crippen LogP contribution in [0.2, 0.25) is 0 Å². The number of allylic oxidation sites excluding steroid dienone is 14. The smallest absolute Gasteiger partial charge is 0.462 e. The highest BCUT2D eigenvalue weighted by Crippen LogP contribution is 2.47. The van der Waals surface area contributed by atoms with Crippen LogP contribution in [0.25, 0.3) is 0 Å². The lowest BCUT2D eigenvalue weighted by Gasteiger charge is -2.41. The Morgan fingerprint density at radius 2 is 0.892 bits per heavy atom. The molecule has 14 heteroatoms. The summed E-state index contributed by atoms with van der Waals surface area (Å²) < 4.78 is 33.5. The Morgan fingerprint density at radius 1 is 0.492 bits per heavy atom. The zero-order valence-electron chi connectivity index (χ0n) is 39.5. The highest BCUT2D eigenvalue weighted by Gasteiger charge is 2.51. The molecule has 0 heterocycles. The Hall–Kier alpha value is -2.97. The maximum atomic E-state index is 12.8. The number of phosphoric ester groups is 1. The lowest BCUT2D eigenvalue weighted by atomic mass is 9.85. The molecule has 372 valence electrons. The van der Waals surface area contributed by atoms with Crippen molar-refractivity contribution < 1.29 is 63.1 Å². The highest BCUT2D eigenvalue weighted by atomic mass is 31.2. The molecule has 0 spiro atoms. The van der Waals surface area contributed by atoms with Gasteiger partial charge < -0.3 is 39.9 Å². The Bertz CT molecular complexity index is 1460. The van der Waals surface area contributed by atoms with Gasteiger partial charge in [-0.15, -0.1) is 0 Å². The number of rotatable bonds is 39. The molecule has 0 saturated heterocycles. The quantitative estimate of drug-likeness (QED) is 0.0147. The monoisotopic (exact) mass is 937 g/mol. The second-order valence-corrected chi connectivity index (χ2v) is 18.0. The Kier molecular flexibility index (Phi) is 37.1. The number of esters is 2. The SMILES string of the molecule is CC/C=C\C/C=C\C/C=C\C/C=C\C/C=C\CCCC(=O)OC(COC(=O)CCCCCCCCCCC/C=C\C/C=C\CCCCC)COP(=O)(O)OC1C(O)C(O)C(O)C(O)C1O. The van der Waals surface area contributed by atoms with Crippen LogP contribution in [0.15, 0.2) is 85.1 Å². The minimum Gasteiger partial charge on any atom is -0.462 e. The van der Waals surface area contributed by atoms with Crippen molar-refractivity contribution >= 4 is 19.8 Å². The fourth-order valence-electron chi connectivity index (χ4n) is 6.82. The van der Waals surface area contributed by atoms with Gasteiger partial charge in [0.1, 0.15) is 43.2 Å². The molecule has 0 amide bonds. The Balaban J connectivity index is 2.47. The second-order valence-electron chi connectivity index (χ2n) is 16.6. The predicted molar refractivity (Wildman–Crippen MR) is 258 cm³/mol. The van der Waals surface area contributed by atoms with Crippen molar-refractivity contribution in [1.29, 1.82) is 0 Å². The minimum absolute atomic E-state index is 0.0132. The van der Waals surface area contributed by atoms with Gasteiger partial charge in [0.2, 0.25) is 0 Å². The molecule has 0 radical (unpaired) electrons. The molecule has 0 aromatic carbocycles. The number of ether oxygens (including phenoxy) is 2. The van der Waals surface area contributed by atoms with E-state index in [0.29, 0.717) is 19.3 Å². The third-order valence-corrected chi connectivity index (χ3v) is 11.7. The van der Waals surface area contributed by atoms with Crippen LogP contribution in [0.3, 0.4) is 0 Å².